The van der Waals surface area contributed by atoms with Crippen LogP contribution >= 0.6 is 0 Å². The summed E-state index contributed by atoms with van der Waals surface area (Å²) in [6, 6.07) is 8.61. The van der Waals surface area contributed by atoms with Gasteiger partial charge in [-0.3, -0.25) is 4.79 Å². The van der Waals surface area contributed by atoms with Crippen molar-refractivity contribution in [3.05, 3.63) is 29.8 Å². The van der Waals surface area contributed by atoms with E-state index in [4.69, 9.17) is 5.73 Å². The number of anilines is 1. The third-order valence-electron chi connectivity index (χ3n) is 4.12. The summed E-state index contributed by atoms with van der Waals surface area (Å²) >= 11 is 0. The number of hydrogen-bond donors (Lipinski definition) is 2. The van der Waals surface area contributed by atoms with Gasteiger partial charge in [-0.15, -0.1) is 0 Å². The fourth-order valence-electron chi connectivity index (χ4n) is 3.01. The van der Waals surface area contributed by atoms with Crippen molar-refractivity contribution in [2.45, 2.75) is 45.6 Å². The highest BCUT2D eigenvalue weighted by Gasteiger charge is 2.24. The molecule has 0 heterocycles. The largest absolute Gasteiger partial charge is 0.382 e. The normalized spacial score (nSPS) is 26.9. The van der Waals surface area contributed by atoms with Gasteiger partial charge in [0.05, 0.1) is 6.42 Å². The van der Waals surface area contributed by atoms with Crippen molar-refractivity contribution in [2.75, 3.05) is 5.32 Å². The molecule has 3 nitrogen and oxygen atoms in total. The Bertz CT molecular complexity index is 427. The first kappa shape index (κ1) is 13.9. The summed E-state index contributed by atoms with van der Waals surface area (Å²) in [7, 11) is 0. The topological polar surface area (TPSA) is 55.1 Å². The Morgan fingerprint density at radius 3 is 2.53 bits per heavy atom. The molecular formula is C16H24N2O. The van der Waals surface area contributed by atoms with Crippen LogP contribution in [0.3, 0.4) is 0 Å². The molecule has 104 valence electrons. The molecule has 0 saturated heterocycles. The van der Waals surface area contributed by atoms with Crippen molar-refractivity contribution in [3.63, 3.8) is 0 Å². The summed E-state index contributed by atoms with van der Waals surface area (Å²) in [5, 5.41) is 3.62. The lowest BCUT2D eigenvalue weighted by Crippen LogP contribution is -2.32. The van der Waals surface area contributed by atoms with Crippen molar-refractivity contribution < 1.29 is 4.79 Å². The third-order valence-corrected chi connectivity index (χ3v) is 4.12. The van der Waals surface area contributed by atoms with E-state index in [1.807, 2.05) is 24.3 Å². The van der Waals surface area contributed by atoms with E-state index >= 15 is 0 Å². The highest BCUT2D eigenvalue weighted by atomic mass is 16.1. The van der Waals surface area contributed by atoms with Gasteiger partial charge in [-0.2, -0.15) is 0 Å². The summed E-state index contributed by atoms with van der Waals surface area (Å²) in [6.45, 7) is 4.67. The van der Waals surface area contributed by atoms with Gasteiger partial charge in [0.1, 0.15) is 0 Å². The molecule has 0 spiro atoms. The van der Waals surface area contributed by atoms with Crippen molar-refractivity contribution in [3.8, 4) is 0 Å². The van der Waals surface area contributed by atoms with Gasteiger partial charge in [0.15, 0.2) is 0 Å². The zero-order valence-corrected chi connectivity index (χ0v) is 11.9. The molecule has 19 heavy (non-hydrogen) atoms. The Labute approximate surface area is 115 Å². The van der Waals surface area contributed by atoms with Gasteiger partial charge < -0.3 is 11.1 Å². The molecule has 1 aliphatic carbocycles. The molecule has 2 rings (SSSR count). The molecule has 3 atom stereocenters. The van der Waals surface area contributed by atoms with Gasteiger partial charge in [0, 0.05) is 11.7 Å². The Hall–Kier alpha value is -1.51. The zero-order valence-electron chi connectivity index (χ0n) is 11.9. The molecule has 3 heteroatoms. The van der Waals surface area contributed by atoms with E-state index in [-0.39, 0.29) is 5.91 Å². The summed E-state index contributed by atoms with van der Waals surface area (Å²) in [5.74, 6) is 1.29. The van der Waals surface area contributed by atoms with Gasteiger partial charge in [0.25, 0.3) is 0 Å². The molecular weight excluding hydrogens is 236 g/mol. The minimum atomic E-state index is -0.282. The van der Waals surface area contributed by atoms with Gasteiger partial charge in [-0.25, -0.2) is 0 Å². The van der Waals surface area contributed by atoms with E-state index in [1.165, 1.54) is 19.3 Å². The third kappa shape index (κ3) is 3.98. The second kappa shape index (κ2) is 6.09. The Balaban J connectivity index is 1.94. The number of primary amides is 1. The SMILES string of the molecule is CC1CCC(Nc2ccc(CC(N)=O)cc2)C(C)C1. The first-order valence-electron chi connectivity index (χ1n) is 7.18. The number of rotatable bonds is 4. The molecule has 1 aromatic rings. The fraction of sp³-hybridized carbons (Fsp3) is 0.562. The smallest absolute Gasteiger partial charge is 0.221 e. The van der Waals surface area contributed by atoms with Crippen molar-refractivity contribution >= 4 is 11.6 Å². The number of hydrogen-bond acceptors (Lipinski definition) is 2. The average molecular weight is 260 g/mol. The number of carbonyl (C=O) groups excluding carboxylic acids is 1. The van der Waals surface area contributed by atoms with Gasteiger partial charge >= 0.3 is 0 Å². The second-order valence-electron chi connectivity index (χ2n) is 5.99. The number of nitrogens with one attached hydrogen (secondary N) is 1. The molecule has 3 unspecified atom stereocenters. The number of benzene rings is 1. The molecule has 0 aliphatic heterocycles. The summed E-state index contributed by atoms with van der Waals surface area (Å²) in [4.78, 5) is 10.9. The van der Waals surface area contributed by atoms with E-state index in [9.17, 15) is 4.79 Å². The van der Waals surface area contributed by atoms with Crippen LogP contribution in [0, 0.1) is 11.8 Å². The van der Waals surface area contributed by atoms with Gasteiger partial charge in [0.2, 0.25) is 5.91 Å². The van der Waals surface area contributed by atoms with E-state index < -0.39 is 0 Å². The minimum Gasteiger partial charge on any atom is -0.382 e. The predicted octanol–water partition coefficient (Wildman–Crippen LogP) is 2.95. The molecule has 1 amide bonds. The van der Waals surface area contributed by atoms with E-state index in [2.05, 4.69) is 19.2 Å². The first-order valence-corrected chi connectivity index (χ1v) is 7.18. The van der Waals surface area contributed by atoms with E-state index in [0.717, 1.165) is 17.2 Å². The summed E-state index contributed by atoms with van der Waals surface area (Å²) < 4.78 is 0. The van der Waals surface area contributed by atoms with Crippen molar-refractivity contribution in [1.29, 1.82) is 0 Å². The predicted molar refractivity (Wildman–Crippen MR) is 78.9 cm³/mol. The van der Waals surface area contributed by atoms with Crippen LogP contribution < -0.4 is 11.1 Å². The zero-order chi connectivity index (χ0) is 13.8. The van der Waals surface area contributed by atoms with Crippen LogP contribution in [0.2, 0.25) is 0 Å². The molecule has 0 aromatic heterocycles. The van der Waals surface area contributed by atoms with Crippen LogP contribution in [-0.4, -0.2) is 11.9 Å². The fourth-order valence-corrected chi connectivity index (χ4v) is 3.01. The van der Waals surface area contributed by atoms with Crippen molar-refractivity contribution in [2.24, 2.45) is 17.6 Å². The lowest BCUT2D eigenvalue weighted by atomic mass is 9.80. The minimum absolute atomic E-state index is 0.282. The lowest BCUT2D eigenvalue weighted by molar-refractivity contribution is -0.117. The monoisotopic (exact) mass is 260 g/mol. The quantitative estimate of drug-likeness (QED) is 0.874. The first-order chi connectivity index (χ1) is 9.04. The van der Waals surface area contributed by atoms with Crippen LogP contribution in [0.4, 0.5) is 5.69 Å². The number of carbonyl (C=O) groups is 1. The highest BCUT2D eigenvalue weighted by Crippen LogP contribution is 2.30. The number of amides is 1. The van der Waals surface area contributed by atoms with Crippen LogP contribution in [-0.2, 0) is 11.2 Å². The van der Waals surface area contributed by atoms with Crippen LogP contribution in [0.15, 0.2) is 24.3 Å². The number of nitrogens with two attached hydrogens (primary N) is 1. The van der Waals surface area contributed by atoms with Crippen LogP contribution in [0.1, 0.15) is 38.7 Å². The molecule has 1 aliphatic rings. The molecule has 1 fully saturated rings. The molecule has 1 saturated carbocycles. The Morgan fingerprint density at radius 1 is 1.26 bits per heavy atom. The Morgan fingerprint density at radius 2 is 1.95 bits per heavy atom. The van der Waals surface area contributed by atoms with Crippen molar-refractivity contribution in [1.82, 2.24) is 0 Å². The molecule has 0 radical (unpaired) electrons. The van der Waals surface area contributed by atoms with Gasteiger partial charge in [-0.1, -0.05) is 26.0 Å². The second-order valence-corrected chi connectivity index (χ2v) is 5.99. The molecule has 3 N–H and O–H groups in total. The maximum absolute atomic E-state index is 10.9. The average Bonchev–Trinajstić information content (AvgIpc) is 2.34. The lowest BCUT2D eigenvalue weighted by Gasteiger charge is -2.33. The standard InChI is InChI=1S/C16H24N2O/c1-11-3-8-15(12(2)9-11)18-14-6-4-13(5-7-14)10-16(17)19/h4-7,11-12,15,18H,3,8-10H2,1-2H3,(H2,17,19). The highest BCUT2D eigenvalue weighted by molar-refractivity contribution is 5.76. The molecule has 1 aromatic carbocycles. The summed E-state index contributed by atoms with van der Waals surface area (Å²) in [5.41, 5.74) is 7.30. The summed E-state index contributed by atoms with van der Waals surface area (Å²) in [6.07, 6.45) is 4.17. The molecule has 0 bridgehead atoms. The maximum atomic E-state index is 10.9. The van der Waals surface area contributed by atoms with E-state index in [1.54, 1.807) is 0 Å². The van der Waals surface area contributed by atoms with Gasteiger partial charge in [-0.05, 0) is 48.8 Å². The van der Waals surface area contributed by atoms with Crippen LogP contribution in [0.5, 0.6) is 0 Å². The Kier molecular flexibility index (Phi) is 4.46. The maximum Gasteiger partial charge on any atom is 0.221 e. The van der Waals surface area contributed by atoms with E-state index in [0.29, 0.717) is 18.4 Å². The van der Waals surface area contributed by atoms with Crippen LogP contribution in [0.25, 0.3) is 0 Å².